The Bertz CT molecular complexity index is 258. The van der Waals surface area contributed by atoms with Crippen LogP contribution in [0, 0.1) is 0 Å². The molecule has 0 amide bonds. The van der Waals surface area contributed by atoms with E-state index >= 15 is 0 Å². The molecule has 0 saturated carbocycles. The van der Waals surface area contributed by atoms with Crippen LogP contribution in [0.3, 0.4) is 0 Å². The van der Waals surface area contributed by atoms with Gasteiger partial charge in [-0.15, -0.1) is 0 Å². The smallest absolute Gasteiger partial charge is 0.0949 e. The number of hydrogen-bond donors (Lipinski definition) is 1. The lowest BCUT2D eigenvalue weighted by molar-refractivity contribution is 0.190. The average molecular weight is 197 g/mol. The van der Waals surface area contributed by atoms with Crippen molar-refractivity contribution in [1.82, 2.24) is 9.55 Å². The van der Waals surface area contributed by atoms with Gasteiger partial charge in [-0.1, -0.05) is 0 Å². The third kappa shape index (κ3) is 3.89. The van der Waals surface area contributed by atoms with Crippen LogP contribution in [0.5, 0.6) is 0 Å². The van der Waals surface area contributed by atoms with Gasteiger partial charge in [0, 0.05) is 38.9 Å². The molecular weight excluding hydrogens is 178 g/mol. The maximum absolute atomic E-state index is 5.69. The monoisotopic (exact) mass is 197 g/mol. The van der Waals surface area contributed by atoms with E-state index in [1.54, 1.807) is 7.11 Å². The Kier molecular flexibility index (Phi) is 4.62. The fourth-order valence-corrected chi connectivity index (χ4v) is 1.36. The van der Waals surface area contributed by atoms with Crippen LogP contribution < -0.4 is 5.73 Å². The topological polar surface area (TPSA) is 53.1 Å². The van der Waals surface area contributed by atoms with E-state index in [1.165, 1.54) is 0 Å². The van der Waals surface area contributed by atoms with Crippen molar-refractivity contribution in [2.75, 3.05) is 13.7 Å². The molecule has 4 nitrogen and oxygen atoms in total. The van der Waals surface area contributed by atoms with Crippen molar-refractivity contribution >= 4 is 0 Å². The van der Waals surface area contributed by atoms with Gasteiger partial charge in [0.15, 0.2) is 0 Å². The zero-order chi connectivity index (χ0) is 10.4. The van der Waals surface area contributed by atoms with Crippen LogP contribution in [-0.2, 0) is 17.7 Å². The second kappa shape index (κ2) is 5.78. The summed E-state index contributed by atoms with van der Waals surface area (Å²) in [5.74, 6) is 0. The van der Waals surface area contributed by atoms with Gasteiger partial charge in [0.25, 0.3) is 0 Å². The van der Waals surface area contributed by atoms with Gasteiger partial charge in [0.2, 0.25) is 0 Å². The highest BCUT2D eigenvalue weighted by Gasteiger charge is 2.01. The van der Waals surface area contributed by atoms with Gasteiger partial charge < -0.3 is 15.0 Å². The maximum atomic E-state index is 5.69. The molecule has 1 rings (SSSR count). The first-order valence-electron chi connectivity index (χ1n) is 4.97. The Morgan fingerprint density at radius 1 is 1.64 bits per heavy atom. The molecule has 1 heterocycles. The third-order valence-corrected chi connectivity index (χ3v) is 1.98. The summed E-state index contributed by atoms with van der Waals surface area (Å²) in [5, 5.41) is 0. The van der Waals surface area contributed by atoms with Crippen LogP contribution in [0.15, 0.2) is 12.5 Å². The molecule has 1 aromatic rings. The third-order valence-electron chi connectivity index (χ3n) is 1.98. The number of nitrogens with zero attached hydrogens (tertiary/aromatic N) is 2. The van der Waals surface area contributed by atoms with Gasteiger partial charge in [0.05, 0.1) is 12.0 Å². The van der Waals surface area contributed by atoms with E-state index < -0.39 is 0 Å². The second-order valence-corrected chi connectivity index (χ2v) is 3.63. The molecule has 2 N–H and O–H groups in total. The molecule has 1 aromatic heterocycles. The van der Waals surface area contributed by atoms with E-state index in [2.05, 4.69) is 15.7 Å². The summed E-state index contributed by atoms with van der Waals surface area (Å²) in [6.07, 6.45) is 5.77. The Balaban J connectivity index is 2.35. The molecular formula is C10H19N3O. The predicted molar refractivity (Wildman–Crippen MR) is 56.1 cm³/mol. The van der Waals surface area contributed by atoms with Crippen molar-refractivity contribution < 1.29 is 4.74 Å². The highest BCUT2D eigenvalue weighted by Crippen LogP contribution is 2.00. The van der Waals surface area contributed by atoms with Crippen molar-refractivity contribution in [3.63, 3.8) is 0 Å². The molecule has 0 bridgehead atoms. The van der Waals surface area contributed by atoms with Crippen LogP contribution >= 0.6 is 0 Å². The van der Waals surface area contributed by atoms with Gasteiger partial charge in [-0.25, -0.2) is 4.98 Å². The van der Waals surface area contributed by atoms with Crippen molar-refractivity contribution in [3.05, 3.63) is 18.2 Å². The number of imidazole rings is 1. The fourth-order valence-electron chi connectivity index (χ4n) is 1.36. The molecule has 4 heteroatoms. The Morgan fingerprint density at radius 2 is 2.43 bits per heavy atom. The molecule has 0 aliphatic rings. The zero-order valence-corrected chi connectivity index (χ0v) is 8.94. The first-order valence-corrected chi connectivity index (χ1v) is 4.97. The normalized spacial score (nSPS) is 13.1. The Labute approximate surface area is 85.1 Å². The molecule has 0 saturated heterocycles. The number of aromatic nitrogens is 2. The molecule has 1 unspecified atom stereocenters. The molecule has 1 atom stereocenters. The lowest BCUT2D eigenvalue weighted by Crippen LogP contribution is -2.17. The van der Waals surface area contributed by atoms with Gasteiger partial charge >= 0.3 is 0 Å². The number of methoxy groups -OCH3 is 1. The molecule has 0 aliphatic heterocycles. The van der Waals surface area contributed by atoms with Crippen LogP contribution in [0.25, 0.3) is 0 Å². The van der Waals surface area contributed by atoms with Gasteiger partial charge in [-0.3, -0.25) is 0 Å². The lowest BCUT2D eigenvalue weighted by Gasteiger charge is -2.01. The number of hydrogen-bond acceptors (Lipinski definition) is 3. The van der Waals surface area contributed by atoms with Crippen molar-refractivity contribution in [1.29, 1.82) is 0 Å². The van der Waals surface area contributed by atoms with Crippen molar-refractivity contribution in [2.24, 2.45) is 5.73 Å². The molecule has 0 aromatic carbocycles. The van der Waals surface area contributed by atoms with E-state index in [4.69, 9.17) is 10.5 Å². The van der Waals surface area contributed by atoms with Crippen LogP contribution in [0.1, 0.15) is 19.0 Å². The summed E-state index contributed by atoms with van der Waals surface area (Å²) < 4.78 is 7.06. The van der Waals surface area contributed by atoms with E-state index in [0.717, 1.165) is 31.7 Å². The summed E-state index contributed by atoms with van der Waals surface area (Å²) >= 11 is 0. The number of aryl methyl sites for hydroxylation is 1. The van der Waals surface area contributed by atoms with Crippen molar-refractivity contribution in [2.45, 2.75) is 32.4 Å². The molecule has 14 heavy (non-hydrogen) atoms. The standard InChI is InChI=1S/C10H19N3O/c1-9(11)6-10-7-13(8-12-10)4-3-5-14-2/h7-9H,3-6,11H2,1-2H3. The first-order chi connectivity index (χ1) is 6.72. The van der Waals surface area contributed by atoms with Crippen LogP contribution in [-0.4, -0.2) is 29.3 Å². The summed E-state index contributed by atoms with van der Waals surface area (Å²) in [7, 11) is 1.72. The van der Waals surface area contributed by atoms with E-state index in [0.29, 0.717) is 0 Å². The summed E-state index contributed by atoms with van der Waals surface area (Å²) in [6, 6.07) is 0.178. The second-order valence-electron chi connectivity index (χ2n) is 3.63. The molecule has 0 spiro atoms. The minimum atomic E-state index is 0.178. The van der Waals surface area contributed by atoms with E-state index in [9.17, 15) is 0 Å². The maximum Gasteiger partial charge on any atom is 0.0949 e. The number of rotatable bonds is 6. The lowest BCUT2D eigenvalue weighted by atomic mass is 10.2. The minimum absolute atomic E-state index is 0.178. The molecule has 0 aliphatic carbocycles. The van der Waals surface area contributed by atoms with Crippen LogP contribution in [0.2, 0.25) is 0 Å². The van der Waals surface area contributed by atoms with Gasteiger partial charge in [-0.2, -0.15) is 0 Å². The number of nitrogens with two attached hydrogens (primary N) is 1. The largest absolute Gasteiger partial charge is 0.385 e. The van der Waals surface area contributed by atoms with E-state index in [1.807, 2.05) is 13.3 Å². The summed E-state index contributed by atoms with van der Waals surface area (Å²) in [5.41, 5.74) is 6.75. The highest BCUT2D eigenvalue weighted by molar-refractivity contribution is 4.98. The van der Waals surface area contributed by atoms with Crippen LogP contribution in [0.4, 0.5) is 0 Å². The quantitative estimate of drug-likeness (QED) is 0.687. The number of ether oxygens (including phenoxy) is 1. The van der Waals surface area contributed by atoms with Gasteiger partial charge in [-0.05, 0) is 13.3 Å². The zero-order valence-electron chi connectivity index (χ0n) is 8.94. The first kappa shape index (κ1) is 11.2. The Morgan fingerprint density at radius 3 is 3.07 bits per heavy atom. The predicted octanol–water partition coefficient (Wildman–Crippen LogP) is 0.809. The molecule has 0 radical (unpaired) electrons. The summed E-state index contributed by atoms with van der Waals surface area (Å²) in [6.45, 7) is 3.74. The van der Waals surface area contributed by atoms with Crippen molar-refractivity contribution in [3.8, 4) is 0 Å². The SMILES string of the molecule is COCCCn1cnc(CC(C)N)c1. The summed E-state index contributed by atoms with van der Waals surface area (Å²) in [4.78, 5) is 4.28. The highest BCUT2D eigenvalue weighted by atomic mass is 16.5. The Hall–Kier alpha value is -0.870. The molecule has 0 fully saturated rings. The fraction of sp³-hybridized carbons (Fsp3) is 0.700. The van der Waals surface area contributed by atoms with E-state index in [-0.39, 0.29) is 6.04 Å². The average Bonchev–Trinajstić information content (AvgIpc) is 2.52. The minimum Gasteiger partial charge on any atom is -0.385 e. The molecule has 80 valence electrons. The van der Waals surface area contributed by atoms with Gasteiger partial charge in [0.1, 0.15) is 0 Å².